The highest BCUT2D eigenvalue weighted by Crippen LogP contribution is 2.49. The number of carbonyl (C=O) groups excluding carboxylic acids is 2. The largest absolute Gasteiger partial charge is 0.454 e. The SMILES string of the molecule is C=CCSC1NC(=O)C2C(NC3=C(C(=O)CC(C)(C)C3)C2c2ccc3c(c2)OCO3)N1. The predicted molar refractivity (Wildman–Crippen MR) is 118 cm³/mol. The molecular formula is C23H27N3O4S. The maximum Gasteiger partial charge on any atom is 0.231 e. The second-order valence-corrected chi connectivity index (χ2v) is 10.4. The molecule has 0 spiro atoms. The molecule has 0 aromatic heterocycles. The first-order valence-electron chi connectivity index (χ1n) is 10.6. The second-order valence-electron chi connectivity index (χ2n) is 9.25. The fraction of sp³-hybridized carbons (Fsp3) is 0.478. The van der Waals surface area contributed by atoms with Crippen LogP contribution in [0.1, 0.15) is 38.2 Å². The lowest BCUT2D eigenvalue weighted by atomic mass is 9.66. The van der Waals surface area contributed by atoms with Crippen LogP contribution in [0.25, 0.3) is 0 Å². The second kappa shape index (κ2) is 7.60. The standard InChI is InChI=1S/C23H27N3O4S/c1-4-7-31-22-25-20-19(21(28)26-22)17(12-5-6-15-16(8-12)30-11-29-15)18-13(24-20)9-23(2,3)10-14(18)27/h4-6,8,17,19-20,22,24-25H,1,7,9-11H2,2-3H3,(H,26,28). The van der Waals surface area contributed by atoms with Gasteiger partial charge < -0.3 is 20.1 Å². The molecule has 7 nitrogen and oxygen atoms in total. The number of hydrogen-bond acceptors (Lipinski definition) is 7. The number of ketones is 1. The highest BCUT2D eigenvalue weighted by molar-refractivity contribution is 7.99. The summed E-state index contributed by atoms with van der Waals surface area (Å²) in [4.78, 5) is 26.6. The summed E-state index contributed by atoms with van der Waals surface area (Å²) in [6, 6.07) is 5.73. The van der Waals surface area contributed by atoms with E-state index in [0.717, 1.165) is 29.0 Å². The van der Waals surface area contributed by atoms with Gasteiger partial charge in [0.1, 0.15) is 5.50 Å². The van der Waals surface area contributed by atoms with Gasteiger partial charge in [-0.15, -0.1) is 18.3 Å². The predicted octanol–water partition coefficient (Wildman–Crippen LogP) is 2.61. The van der Waals surface area contributed by atoms with E-state index < -0.39 is 5.92 Å². The third-order valence-electron chi connectivity index (χ3n) is 6.32. The van der Waals surface area contributed by atoms with Crippen LogP contribution in [0, 0.1) is 11.3 Å². The molecule has 0 saturated carbocycles. The lowest BCUT2D eigenvalue weighted by Gasteiger charge is -2.48. The quantitative estimate of drug-likeness (QED) is 0.619. The topological polar surface area (TPSA) is 88.7 Å². The van der Waals surface area contributed by atoms with Crippen molar-refractivity contribution in [1.82, 2.24) is 16.0 Å². The Labute approximate surface area is 186 Å². The average molecular weight is 442 g/mol. The summed E-state index contributed by atoms with van der Waals surface area (Å²) in [6.45, 7) is 8.17. The normalized spacial score (nSPS) is 30.8. The highest BCUT2D eigenvalue weighted by atomic mass is 32.2. The Hall–Kier alpha value is -2.45. The molecule has 31 heavy (non-hydrogen) atoms. The third kappa shape index (κ3) is 3.61. The van der Waals surface area contributed by atoms with E-state index in [1.807, 2.05) is 24.3 Å². The van der Waals surface area contributed by atoms with Gasteiger partial charge in [0.05, 0.1) is 12.1 Å². The van der Waals surface area contributed by atoms with Gasteiger partial charge in [-0.25, -0.2) is 0 Å². The van der Waals surface area contributed by atoms with E-state index in [-0.39, 0.29) is 41.5 Å². The number of thioether (sulfide) groups is 1. The van der Waals surface area contributed by atoms with Crippen molar-refractivity contribution in [2.75, 3.05) is 12.5 Å². The number of hydrogen-bond donors (Lipinski definition) is 3. The summed E-state index contributed by atoms with van der Waals surface area (Å²) < 4.78 is 11.0. The van der Waals surface area contributed by atoms with Crippen LogP contribution in [-0.4, -0.2) is 35.9 Å². The van der Waals surface area contributed by atoms with Gasteiger partial charge in [0.15, 0.2) is 17.3 Å². The van der Waals surface area contributed by atoms with Crippen molar-refractivity contribution in [3.8, 4) is 11.5 Å². The summed E-state index contributed by atoms with van der Waals surface area (Å²) in [5.74, 6) is 1.30. The van der Waals surface area contributed by atoms with Gasteiger partial charge in [-0.3, -0.25) is 14.9 Å². The van der Waals surface area contributed by atoms with Gasteiger partial charge >= 0.3 is 0 Å². The Balaban J connectivity index is 1.58. The van der Waals surface area contributed by atoms with Crippen molar-refractivity contribution in [3.63, 3.8) is 0 Å². The average Bonchev–Trinajstić information content (AvgIpc) is 3.17. The van der Waals surface area contributed by atoms with Crippen molar-refractivity contribution < 1.29 is 19.1 Å². The lowest BCUT2D eigenvalue weighted by Crippen LogP contribution is -2.68. The number of rotatable bonds is 4. The molecule has 3 aliphatic heterocycles. The molecular weight excluding hydrogens is 414 g/mol. The number of fused-ring (bicyclic) bond motifs is 2. The van der Waals surface area contributed by atoms with E-state index >= 15 is 0 Å². The molecule has 8 heteroatoms. The number of nitrogens with one attached hydrogen (secondary N) is 3. The van der Waals surface area contributed by atoms with Gasteiger partial charge in [-0.2, -0.15) is 0 Å². The van der Waals surface area contributed by atoms with E-state index in [9.17, 15) is 9.59 Å². The zero-order valence-corrected chi connectivity index (χ0v) is 18.5. The van der Waals surface area contributed by atoms with Crippen LogP contribution in [0.4, 0.5) is 0 Å². The molecule has 4 unspecified atom stereocenters. The van der Waals surface area contributed by atoms with Crippen LogP contribution in [-0.2, 0) is 9.59 Å². The van der Waals surface area contributed by atoms with Crippen LogP contribution >= 0.6 is 11.8 Å². The van der Waals surface area contributed by atoms with Crippen molar-refractivity contribution in [1.29, 1.82) is 0 Å². The van der Waals surface area contributed by atoms with Gasteiger partial charge in [-0.1, -0.05) is 26.0 Å². The van der Waals surface area contributed by atoms with Crippen LogP contribution in [0.15, 0.2) is 42.1 Å². The number of benzene rings is 1. The molecule has 0 radical (unpaired) electrons. The number of carbonyl (C=O) groups is 2. The Morgan fingerprint density at radius 2 is 2.00 bits per heavy atom. The first kappa shape index (κ1) is 20.5. The van der Waals surface area contributed by atoms with E-state index in [2.05, 4.69) is 36.4 Å². The molecule has 0 bridgehead atoms. The van der Waals surface area contributed by atoms with Crippen molar-refractivity contribution in [3.05, 3.63) is 47.7 Å². The Bertz CT molecular complexity index is 989. The lowest BCUT2D eigenvalue weighted by molar-refractivity contribution is -0.130. The molecule has 4 aliphatic rings. The van der Waals surface area contributed by atoms with Gasteiger partial charge in [0.2, 0.25) is 12.7 Å². The fourth-order valence-corrected chi connectivity index (χ4v) is 5.86. The summed E-state index contributed by atoms with van der Waals surface area (Å²) in [7, 11) is 0. The van der Waals surface area contributed by atoms with Crippen LogP contribution in [0.5, 0.6) is 11.5 Å². The number of Topliss-reactive ketones (excluding diaryl/α,β-unsaturated/α-hetero) is 1. The van der Waals surface area contributed by atoms with E-state index in [1.54, 1.807) is 11.8 Å². The minimum absolute atomic E-state index is 0.0651. The summed E-state index contributed by atoms with van der Waals surface area (Å²) in [5.41, 5.74) is 2.23. The van der Waals surface area contributed by atoms with E-state index in [1.165, 1.54) is 0 Å². The van der Waals surface area contributed by atoms with Crippen molar-refractivity contribution >= 4 is 23.5 Å². The zero-order chi connectivity index (χ0) is 21.8. The summed E-state index contributed by atoms with van der Waals surface area (Å²) in [6.07, 6.45) is 2.79. The maximum atomic E-state index is 13.3. The molecule has 3 heterocycles. The summed E-state index contributed by atoms with van der Waals surface area (Å²) >= 11 is 1.58. The monoisotopic (exact) mass is 441 g/mol. The van der Waals surface area contributed by atoms with Gasteiger partial charge in [0, 0.05) is 29.4 Å². The van der Waals surface area contributed by atoms with E-state index in [0.29, 0.717) is 17.9 Å². The molecule has 5 rings (SSSR count). The molecule has 1 aliphatic carbocycles. The van der Waals surface area contributed by atoms with Crippen molar-refractivity contribution in [2.24, 2.45) is 11.3 Å². The highest BCUT2D eigenvalue weighted by Gasteiger charge is 2.51. The summed E-state index contributed by atoms with van der Waals surface area (Å²) in [5, 5.41) is 10.1. The third-order valence-corrected chi connectivity index (χ3v) is 7.34. The molecule has 1 amide bonds. The van der Waals surface area contributed by atoms with E-state index in [4.69, 9.17) is 9.47 Å². The van der Waals surface area contributed by atoms with Crippen molar-refractivity contribution in [2.45, 2.75) is 44.3 Å². The van der Waals surface area contributed by atoms with Crippen LogP contribution < -0.4 is 25.4 Å². The Kier molecular flexibility index (Phi) is 5.01. The van der Waals surface area contributed by atoms with Crippen LogP contribution in [0.3, 0.4) is 0 Å². The first-order chi connectivity index (χ1) is 14.9. The Morgan fingerprint density at radius 3 is 2.81 bits per heavy atom. The molecule has 1 saturated heterocycles. The fourth-order valence-electron chi connectivity index (χ4n) is 5.09. The van der Waals surface area contributed by atoms with Gasteiger partial charge in [-0.05, 0) is 29.5 Å². The molecule has 1 fully saturated rings. The van der Waals surface area contributed by atoms with Gasteiger partial charge in [0.25, 0.3) is 0 Å². The zero-order valence-electron chi connectivity index (χ0n) is 17.7. The molecule has 4 atom stereocenters. The smallest absolute Gasteiger partial charge is 0.231 e. The molecule has 1 aromatic carbocycles. The number of allylic oxidation sites excluding steroid dienone is 2. The molecule has 1 aromatic rings. The first-order valence-corrected chi connectivity index (χ1v) is 11.6. The minimum atomic E-state index is -0.454. The van der Waals surface area contributed by atoms with Crippen LogP contribution in [0.2, 0.25) is 0 Å². The number of ether oxygens (including phenoxy) is 2. The molecule has 164 valence electrons. The maximum absolute atomic E-state index is 13.3. The minimum Gasteiger partial charge on any atom is -0.454 e. The Morgan fingerprint density at radius 1 is 1.19 bits per heavy atom. The molecule has 3 N–H and O–H groups in total. The number of amides is 1.